The Morgan fingerprint density at radius 3 is 2.75 bits per heavy atom. The summed E-state index contributed by atoms with van der Waals surface area (Å²) in [5, 5.41) is 6.23. The molecule has 0 aliphatic heterocycles. The van der Waals surface area contributed by atoms with E-state index in [1.165, 1.54) is 31.0 Å². The van der Waals surface area contributed by atoms with E-state index in [1.807, 2.05) is 18.2 Å². The Morgan fingerprint density at radius 2 is 2.19 bits per heavy atom. The molecule has 86 valence electrons. The van der Waals surface area contributed by atoms with Crippen LogP contribution in [0.15, 0.2) is 18.2 Å². The predicted octanol–water partition coefficient (Wildman–Crippen LogP) is 2.78. The van der Waals surface area contributed by atoms with Crippen LogP contribution in [0.25, 0.3) is 0 Å². The number of anilines is 2. The summed E-state index contributed by atoms with van der Waals surface area (Å²) in [5.74, 6) is 0.840. The van der Waals surface area contributed by atoms with Crippen LogP contribution in [0.2, 0.25) is 0 Å². The minimum atomic E-state index is -0.0295. The number of hydrogen-bond donors (Lipinski definition) is 2. The summed E-state index contributed by atoms with van der Waals surface area (Å²) in [6.07, 6.45) is 2.71. The van der Waals surface area contributed by atoms with Crippen molar-refractivity contribution in [3.8, 4) is 0 Å². The molecule has 0 bridgehead atoms. The standard InChI is InChI=1S/C13H18N2O/c1-9-7-12(15-10(2)16)5-6-13(9)14-8-11-3-4-11/h5-7,11,14H,3-4,8H2,1-2H3,(H,15,16). The van der Waals surface area contributed by atoms with Crippen LogP contribution >= 0.6 is 0 Å². The number of benzene rings is 1. The molecule has 0 radical (unpaired) electrons. The molecule has 3 heteroatoms. The molecule has 0 atom stereocenters. The first-order valence-corrected chi connectivity index (χ1v) is 5.77. The van der Waals surface area contributed by atoms with Gasteiger partial charge in [0.2, 0.25) is 5.91 Å². The molecular weight excluding hydrogens is 200 g/mol. The quantitative estimate of drug-likeness (QED) is 0.816. The van der Waals surface area contributed by atoms with Crippen LogP contribution in [-0.4, -0.2) is 12.5 Å². The Bertz CT molecular complexity index is 397. The molecule has 16 heavy (non-hydrogen) atoms. The largest absolute Gasteiger partial charge is 0.385 e. The van der Waals surface area contributed by atoms with E-state index in [-0.39, 0.29) is 5.91 Å². The van der Waals surface area contributed by atoms with Crippen LogP contribution in [0.3, 0.4) is 0 Å². The zero-order valence-electron chi connectivity index (χ0n) is 9.84. The molecule has 3 nitrogen and oxygen atoms in total. The van der Waals surface area contributed by atoms with Crippen molar-refractivity contribution < 1.29 is 4.79 Å². The first-order valence-electron chi connectivity index (χ1n) is 5.77. The number of aryl methyl sites for hydroxylation is 1. The van der Waals surface area contributed by atoms with Crippen LogP contribution in [0.5, 0.6) is 0 Å². The van der Waals surface area contributed by atoms with Gasteiger partial charge >= 0.3 is 0 Å². The highest BCUT2D eigenvalue weighted by atomic mass is 16.1. The van der Waals surface area contributed by atoms with E-state index < -0.39 is 0 Å². The third-order valence-corrected chi connectivity index (χ3v) is 2.82. The molecule has 2 rings (SSSR count). The van der Waals surface area contributed by atoms with E-state index in [4.69, 9.17) is 0 Å². The summed E-state index contributed by atoms with van der Waals surface area (Å²) in [4.78, 5) is 10.9. The second-order valence-corrected chi connectivity index (χ2v) is 4.54. The fourth-order valence-electron chi connectivity index (χ4n) is 1.72. The van der Waals surface area contributed by atoms with Gasteiger partial charge in [0.05, 0.1) is 0 Å². The lowest BCUT2D eigenvalue weighted by atomic mass is 10.1. The molecule has 2 N–H and O–H groups in total. The average Bonchev–Trinajstić information content (AvgIpc) is 2.99. The fraction of sp³-hybridized carbons (Fsp3) is 0.462. The molecule has 0 saturated heterocycles. The van der Waals surface area contributed by atoms with Crippen LogP contribution in [0.4, 0.5) is 11.4 Å². The number of nitrogens with one attached hydrogen (secondary N) is 2. The van der Waals surface area contributed by atoms with Gasteiger partial charge in [-0.05, 0) is 49.4 Å². The van der Waals surface area contributed by atoms with E-state index in [2.05, 4.69) is 17.6 Å². The highest BCUT2D eigenvalue weighted by molar-refractivity contribution is 5.89. The van der Waals surface area contributed by atoms with Crippen molar-refractivity contribution >= 4 is 17.3 Å². The molecule has 0 heterocycles. The van der Waals surface area contributed by atoms with Gasteiger partial charge in [-0.3, -0.25) is 4.79 Å². The highest BCUT2D eigenvalue weighted by Crippen LogP contribution is 2.29. The first kappa shape index (κ1) is 11.0. The Labute approximate surface area is 96.2 Å². The van der Waals surface area contributed by atoms with Gasteiger partial charge in [-0.25, -0.2) is 0 Å². The first-order chi connectivity index (χ1) is 7.65. The van der Waals surface area contributed by atoms with Crippen molar-refractivity contribution in [2.24, 2.45) is 5.92 Å². The molecule has 1 amide bonds. The van der Waals surface area contributed by atoms with Crippen molar-refractivity contribution in [2.45, 2.75) is 26.7 Å². The number of amides is 1. The van der Waals surface area contributed by atoms with Gasteiger partial charge in [0.15, 0.2) is 0 Å². The van der Waals surface area contributed by atoms with Gasteiger partial charge in [0, 0.05) is 24.8 Å². The fourth-order valence-corrected chi connectivity index (χ4v) is 1.72. The van der Waals surface area contributed by atoms with Gasteiger partial charge in [0.25, 0.3) is 0 Å². The van der Waals surface area contributed by atoms with Crippen molar-refractivity contribution in [3.63, 3.8) is 0 Å². The molecule has 1 aromatic rings. The summed E-state index contributed by atoms with van der Waals surface area (Å²) in [7, 11) is 0. The van der Waals surface area contributed by atoms with E-state index in [1.54, 1.807) is 0 Å². The lowest BCUT2D eigenvalue weighted by Gasteiger charge is -2.11. The molecule has 0 unspecified atom stereocenters. The molecule has 0 aromatic heterocycles. The van der Waals surface area contributed by atoms with E-state index >= 15 is 0 Å². The third-order valence-electron chi connectivity index (χ3n) is 2.82. The SMILES string of the molecule is CC(=O)Nc1ccc(NCC2CC2)c(C)c1. The molecule has 1 aliphatic rings. The van der Waals surface area contributed by atoms with E-state index in [0.29, 0.717) is 0 Å². The minimum absolute atomic E-state index is 0.0295. The summed E-state index contributed by atoms with van der Waals surface area (Å²) in [5.41, 5.74) is 3.20. The Morgan fingerprint density at radius 1 is 1.44 bits per heavy atom. The minimum Gasteiger partial charge on any atom is -0.385 e. The highest BCUT2D eigenvalue weighted by Gasteiger charge is 2.20. The Balaban J connectivity index is 2.00. The second kappa shape index (κ2) is 4.56. The number of carbonyl (C=O) groups is 1. The normalized spacial score (nSPS) is 14.6. The molecule has 1 aliphatic carbocycles. The lowest BCUT2D eigenvalue weighted by Crippen LogP contribution is -2.07. The summed E-state index contributed by atoms with van der Waals surface area (Å²) in [6, 6.07) is 5.96. The average molecular weight is 218 g/mol. The molecule has 1 saturated carbocycles. The van der Waals surface area contributed by atoms with Crippen molar-refractivity contribution in [3.05, 3.63) is 23.8 Å². The van der Waals surface area contributed by atoms with Gasteiger partial charge in [0.1, 0.15) is 0 Å². The van der Waals surface area contributed by atoms with E-state index in [0.717, 1.165) is 18.2 Å². The smallest absolute Gasteiger partial charge is 0.221 e. The van der Waals surface area contributed by atoms with Gasteiger partial charge in [-0.2, -0.15) is 0 Å². The van der Waals surface area contributed by atoms with Crippen LogP contribution in [0.1, 0.15) is 25.3 Å². The molecule has 1 aromatic carbocycles. The number of rotatable bonds is 4. The van der Waals surface area contributed by atoms with Gasteiger partial charge in [-0.15, -0.1) is 0 Å². The van der Waals surface area contributed by atoms with Crippen molar-refractivity contribution in [1.82, 2.24) is 0 Å². The summed E-state index contributed by atoms with van der Waals surface area (Å²) < 4.78 is 0. The van der Waals surface area contributed by atoms with Crippen LogP contribution in [0, 0.1) is 12.8 Å². The maximum atomic E-state index is 10.9. The van der Waals surface area contributed by atoms with Crippen molar-refractivity contribution in [1.29, 1.82) is 0 Å². The maximum Gasteiger partial charge on any atom is 0.221 e. The predicted molar refractivity (Wildman–Crippen MR) is 66.7 cm³/mol. The lowest BCUT2D eigenvalue weighted by molar-refractivity contribution is -0.114. The Hall–Kier alpha value is -1.51. The van der Waals surface area contributed by atoms with Crippen molar-refractivity contribution in [2.75, 3.05) is 17.2 Å². The zero-order valence-corrected chi connectivity index (χ0v) is 9.84. The van der Waals surface area contributed by atoms with E-state index in [9.17, 15) is 4.79 Å². The second-order valence-electron chi connectivity index (χ2n) is 4.54. The maximum absolute atomic E-state index is 10.9. The molecule has 1 fully saturated rings. The van der Waals surface area contributed by atoms with Gasteiger partial charge < -0.3 is 10.6 Å². The molecular formula is C13H18N2O. The van der Waals surface area contributed by atoms with Crippen LogP contribution < -0.4 is 10.6 Å². The van der Waals surface area contributed by atoms with Gasteiger partial charge in [-0.1, -0.05) is 0 Å². The zero-order chi connectivity index (χ0) is 11.5. The summed E-state index contributed by atoms with van der Waals surface area (Å²) in [6.45, 7) is 4.65. The number of hydrogen-bond acceptors (Lipinski definition) is 2. The monoisotopic (exact) mass is 218 g/mol. The summed E-state index contributed by atoms with van der Waals surface area (Å²) >= 11 is 0. The van der Waals surface area contributed by atoms with Crippen LogP contribution in [-0.2, 0) is 4.79 Å². The topological polar surface area (TPSA) is 41.1 Å². The third kappa shape index (κ3) is 2.99. The Kier molecular flexibility index (Phi) is 3.13. The number of carbonyl (C=O) groups excluding carboxylic acids is 1. The molecule has 0 spiro atoms.